The van der Waals surface area contributed by atoms with Crippen molar-refractivity contribution in [3.63, 3.8) is 0 Å². The normalized spacial score (nSPS) is 30.5. The zero-order valence-electron chi connectivity index (χ0n) is 10.8. The third-order valence-electron chi connectivity index (χ3n) is 4.40. The van der Waals surface area contributed by atoms with Gasteiger partial charge in [0, 0.05) is 18.6 Å². The SMILES string of the molecule is O=C(O)c1cccc(CN2C3CCC2CC(O)C3)c1. The standard InChI is InChI=1S/C15H19NO3/c17-14-7-12-4-5-13(8-14)16(12)9-10-2-1-3-11(6-10)15(18)19/h1-3,6,12-14,17H,4-5,7-9H2,(H,18,19). The van der Waals surface area contributed by atoms with Gasteiger partial charge < -0.3 is 10.2 Å². The van der Waals surface area contributed by atoms with Crippen LogP contribution in [0.5, 0.6) is 0 Å². The van der Waals surface area contributed by atoms with E-state index < -0.39 is 5.97 Å². The molecule has 2 heterocycles. The molecule has 4 nitrogen and oxygen atoms in total. The van der Waals surface area contributed by atoms with Gasteiger partial charge in [-0.15, -0.1) is 0 Å². The summed E-state index contributed by atoms with van der Waals surface area (Å²) in [5, 5.41) is 18.8. The smallest absolute Gasteiger partial charge is 0.335 e. The molecule has 2 bridgehead atoms. The van der Waals surface area contributed by atoms with Crippen LogP contribution in [0.2, 0.25) is 0 Å². The van der Waals surface area contributed by atoms with E-state index in [9.17, 15) is 9.90 Å². The average Bonchev–Trinajstić information content (AvgIpc) is 2.62. The molecule has 0 radical (unpaired) electrons. The van der Waals surface area contributed by atoms with Gasteiger partial charge in [-0.05, 0) is 43.4 Å². The van der Waals surface area contributed by atoms with Gasteiger partial charge in [-0.2, -0.15) is 0 Å². The van der Waals surface area contributed by atoms with Gasteiger partial charge in [-0.1, -0.05) is 12.1 Å². The number of nitrogens with zero attached hydrogens (tertiary/aromatic N) is 1. The Hall–Kier alpha value is -1.39. The monoisotopic (exact) mass is 261 g/mol. The van der Waals surface area contributed by atoms with Gasteiger partial charge in [0.15, 0.2) is 0 Å². The first-order valence-corrected chi connectivity index (χ1v) is 6.89. The Morgan fingerprint density at radius 1 is 1.26 bits per heavy atom. The molecule has 2 aliphatic rings. The van der Waals surface area contributed by atoms with Crippen molar-refractivity contribution in [2.24, 2.45) is 0 Å². The Kier molecular flexibility index (Phi) is 3.29. The molecule has 2 unspecified atom stereocenters. The molecule has 2 N–H and O–H groups in total. The number of carbonyl (C=O) groups is 1. The molecule has 2 atom stereocenters. The van der Waals surface area contributed by atoms with E-state index in [1.807, 2.05) is 6.07 Å². The number of carboxylic acids is 1. The first-order valence-electron chi connectivity index (χ1n) is 6.89. The summed E-state index contributed by atoms with van der Waals surface area (Å²) in [5.74, 6) is -0.876. The van der Waals surface area contributed by atoms with Gasteiger partial charge in [0.2, 0.25) is 0 Å². The van der Waals surface area contributed by atoms with Crippen molar-refractivity contribution < 1.29 is 15.0 Å². The molecule has 0 aliphatic carbocycles. The largest absolute Gasteiger partial charge is 0.478 e. The van der Waals surface area contributed by atoms with Crippen molar-refractivity contribution >= 4 is 5.97 Å². The molecular formula is C15H19NO3. The van der Waals surface area contributed by atoms with Crippen LogP contribution in [-0.2, 0) is 6.54 Å². The second-order valence-corrected chi connectivity index (χ2v) is 5.69. The van der Waals surface area contributed by atoms with Crippen molar-refractivity contribution in [3.05, 3.63) is 35.4 Å². The number of hydrogen-bond acceptors (Lipinski definition) is 3. The lowest BCUT2D eigenvalue weighted by molar-refractivity contribution is 0.0310. The quantitative estimate of drug-likeness (QED) is 0.872. The highest BCUT2D eigenvalue weighted by atomic mass is 16.4. The number of fused-ring (bicyclic) bond motifs is 2. The molecular weight excluding hydrogens is 242 g/mol. The van der Waals surface area contributed by atoms with Gasteiger partial charge in [-0.25, -0.2) is 4.79 Å². The molecule has 0 spiro atoms. The van der Waals surface area contributed by atoms with Crippen LogP contribution < -0.4 is 0 Å². The maximum atomic E-state index is 11.0. The Bertz CT molecular complexity index is 474. The zero-order chi connectivity index (χ0) is 13.4. The molecule has 3 rings (SSSR count). The maximum Gasteiger partial charge on any atom is 0.335 e. The van der Waals surface area contributed by atoms with E-state index >= 15 is 0 Å². The molecule has 1 aromatic carbocycles. The highest BCUT2D eigenvalue weighted by Gasteiger charge is 2.39. The Morgan fingerprint density at radius 3 is 2.58 bits per heavy atom. The number of aromatic carboxylic acids is 1. The van der Waals surface area contributed by atoms with E-state index in [-0.39, 0.29) is 6.10 Å². The van der Waals surface area contributed by atoms with E-state index in [2.05, 4.69) is 4.90 Å². The number of benzene rings is 1. The van der Waals surface area contributed by atoms with E-state index in [1.54, 1.807) is 18.2 Å². The fourth-order valence-electron chi connectivity index (χ4n) is 3.52. The third kappa shape index (κ3) is 2.51. The summed E-state index contributed by atoms with van der Waals surface area (Å²) < 4.78 is 0. The maximum absolute atomic E-state index is 11.0. The van der Waals surface area contributed by atoms with Crippen molar-refractivity contribution in [1.29, 1.82) is 0 Å². The summed E-state index contributed by atoms with van der Waals surface area (Å²) in [4.78, 5) is 13.4. The Morgan fingerprint density at radius 2 is 1.95 bits per heavy atom. The topological polar surface area (TPSA) is 60.8 Å². The minimum atomic E-state index is -0.876. The summed E-state index contributed by atoms with van der Waals surface area (Å²) in [6.45, 7) is 0.795. The fourth-order valence-corrected chi connectivity index (χ4v) is 3.52. The van der Waals surface area contributed by atoms with Crippen molar-refractivity contribution in [2.45, 2.75) is 50.4 Å². The van der Waals surface area contributed by atoms with Crippen LogP contribution in [0.3, 0.4) is 0 Å². The lowest BCUT2D eigenvalue weighted by Gasteiger charge is -2.37. The lowest BCUT2D eigenvalue weighted by atomic mass is 9.99. The van der Waals surface area contributed by atoms with E-state index in [1.165, 1.54) is 0 Å². The van der Waals surface area contributed by atoms with Crippen LogP contribution in [0, 0.1) is 0 Å². The van der Waals surface area contributed by atoms with E-state index in [4.69, 9.17) is 5.11 Å². The average molecular weight is 261 g/mol. The van der Waals surface area contributed by atoms with E-state index in [0.29, 0.717) is 17.6 Å². The minimum absolute atomic E-state index is 0.154. The van der Waals surface area contributed by atoms with Gasteiger partial charge in [0.1, 0.15) is 0 Å². The molecule has 102 valence electrons. The predicted octanol–water partition coefficient (Wildman–Crippen LogP) is 1.87. The van der Waals surface area contributed by atoms with Crippen LogP contribution in [0.15, 0.2) is 24.3 Å². The Balaban J connectivity index is 1.75. The van der Waals surface area contributed by atoms with Crippen LogP contribution in [0.4, 0.5) is 0 Å². The molecule has 2 fully saturated rings. The summed E-state index contributed by atoms with van der Waals surface area (Å²) in [6.07, 6.45) is 3.87. The minimum Gasteiger partial charge on any atom is -0.478 e. The number of carboxylic acid groups (broad SMARTS) is 1. The Labute approximate surface area is 112 Å². The second-order valence-electron chi connectivity index (χ2n) is 5.69. The van der Waals surface area contributed by atoms with Crippen molar-refractivity contribution in [2.75, 3.05) is 0 Å². The summed E-state index contributed by atoms with van der Waals surface area (Å²) in [5.41, 5.74) is 1.40. The number of rotatable bonds is 3. The first kappa shape index (κ1) is 12.6. The van der Waals surface area contributed by atoms with Crippen LogP contribution in [0.25, 0.3) is 0 Å². The van der Waals surface area contributed by atoms with Crippen molar-refractivity contribution in [3.8, 4) is 0 Å². The molecule has 19 heavy (non-hydrogen) atoms. The van der Waals surface area contributed by atoms with Crippen LogP contribution in [0.1, 0.15) is 41.6 Å². The molecule has 0 saturated carbocycles. The van der Waals surface area contributed by atoms with Gasteiger partial charge >= 0.3 is 5.97 Å². The molecule has 0 amide bonds. The van der Waals surface area contributed by atoms with Crippen molar-refractivity contribution in [1.82, 2.24) is 4.90 Å². The molecule has 2 saturated heterocycles. The highest BCUT2D eigenvalue weighted by molar-refractivity contribution is 5.87. The summed E-state index contributed by atoms with van der Waals surface area (Å²) >= 11 is 0. The number of aliphatic hydroxyl groups is 1. The van der Waals surface area contributed by atoms with E-state index in [0.717, 1.165) is 37.8 Å². The molecule has 4 heteroatoms. The number of aliphatic hydroxyl groups excluding tert-OH is 1. The van der Waals surface area contributed by atoms with Crippen LogP contribution in [-0.4, -0.2) is 39.3 Å². The fraction of sp³-hybridized carbons (Fsp3) is 0.533. The zero-order valence-corrected chi connectivity index (χ0v) is 10.8. The highest BCUT2D eigenvalue weighted by Crippen LogP contribution is 2.36. The molecule has 2 aliphatic heterocycles. The molecule has 0 aromatic heterocycles. The predicted molar refractivity (Wildman–Crippen MR) is 71.0 cm³/mol. The van der Waals surface area contributed by atoms with Gasteiger partial charge in [0.25, 0.3) is 0 Å². The molecule has 1 aromatic rings. The second kappa shape index (κ2) is 4.94. The first-order chi connectivity index (χ1) is 9.13. The summed E-state index contributed by atoms with van der Waals surface area (Å²) in [6, 6.07) is 8.09. The summed E-state index contributed by atoms with van der Waals surface area (Å²) in [7, 11) is 0. The lowest BCUT2D eigenvalue weighted by Crippen LogP contribution is -2.44. The van der Waals surface area contributed by atoms with Gasteiger partial charge in [0.05, 0.1) is 11.7 Å². The van der Waals surface area contributed by atoms with Crippen LogP contribution >= 0.6 is 0 Å². The number of hydrogen-bond donors (Lipinski definition) is 2. The third-order valence-corrected chi connectivity index (χ3v) is 4.40. The number of piperidine rings is 1. The van der Waals surface area contributed by atoms with Gasteiger partial charge in [-0.3, -0.25) is 4.90 Å².